The van der Waals surface area contributed by atoms with Gasteiger partial charge < -0.3 is 4.74 Å². The second kappa shape index (κ2) is 8.56. The summed E-state index contributed by atoms with van der Waals surface area (Å²) >= 11 is 7.38. The van der Waals surface area contributed by atoms with Gasteiger partial charge in [-0.2, -0.15) is 0 Å². The number of carbonyl (C=O) groups excluding carboxylic acids is 1. The molecule has 0 fully saturated rings. The van der Waals surface area contributed by atoms with Gasteiger partial charge in [0, 0.05) is 28.4 Å². The van der Waals surface area contributed by atoms with E-state index in [1.807, 2.05) is 6.92 Å². The minimum atomic E-state index is -0.354. The number of amidine groups is 1. The lowest BCUT2D eigenvalue weighted by Gasteiger charge is -2.18. The van der Waals surface area contributed by atoms with Gasteiger partial charge in [0.25, 0.3) is 5.91 Å². The second-order valence-electron chi connectivity index (χ2n) is 5.57. The summed E-state index contributed by atoms with van der Waals surface area (Å²) < 4.78 is 19.3. The average molecular weight is 393 g/mol. The zero-order valence-electron chi connectivity index (χ0n) is 14.2. The van der Waals surface area contributed by atoms with Gasteiger partial charge >= 0.3 is 0 Å². The molecule has 0 aliphatic carbocycles. The molecule has 1 amide bonds. The summed E-state index contributed by atoms with van der Waals surface area (Å²) in [5, 5.41) is 0.962. The quantitative estimate of drug-likeness (QED) is 0.745. The number of hydrogen-bond donors (Lipinski definition) is 0. The molecular weight excluding hydrogens is 375 g/mol. The van der Waals surface area contributed by atoms with E-state index in [0.717, 1.165) is 5.75 Å². The summed E-state index contributed by atoms with van der Waals surface area (Å²) in [5.41, 5.74) is 0.981. The highest BCUT2D eigenvalue weighted by Gasteiger charge is 2.25. The Bertz CT molecular complexity index is 807. The molecule has 0 radical (unpaired) electrons. The van der Waals surface area contributed by atoms with Crippen LogP contribution in [0.3, 0.4) is 0 Å². The van der Waals surface area contributed by atoms with Gasteiger partial charge in [-0.15, -0.1) is 0 Å². The van der Waals surface area contributed by atoms with Gasteiger partial charge in [-0.1, -0.05) is 29.4 Å². The standard InChI is InChI=1S/C19H18ClFN2O2S/c1-2-25-14-8-6-13(7-9-14)18(24)23-11-10-22-19(23)26-12-15-16(20)4-3-5-17(15)21/h3-9H,2,10-12H2,1H3. The van der Waals surface area contributed by atoms with E-state index in [1.54, 1.807) is 41.3 Å². The Morgan fingerprint density at radius 1 is 1.31 bits per heavy atom. The maximum atomic E-state index is 13.9. The van der Waals surface area contributed by atoms with Gasteiger partial charge in [0.1, 0.15) is 11.6 Å². The van der Waals surface area contributed by atoms with Gasteiger partial charge in [-0.25, -0.2) is 4.39 Å². The Balaban J connectivity index is 1.68. The molecule has 0 bridgehead atoms. The van der Waals surface area contributed by atoms with Crippen molar-refractivity contribution in [3.8, 4) is 5.75 Å². The highest BCUT2D eigenvalue weighted by molar-refractivity contribution is 8.13. The topological polar surface area (TPSA) is 41.9 Å². The third-order valence-corrected chi connectivity index (χ3v) is 5.26. The summed E-state index contributed by atoms with van der Waals surface area (Å²) in [6, 6.07) is 11.6. The number of aliphatic imine (C=N–C) groups is 1. The summed E-state index contributed by atoms with van der Waals surface area (Å²) in [6.07, 6.45) is 0. The van der Waals surface area contributed by atoms with E-state index in [9.17, 15) is 9.18 Å². The molecule has 0 unspecified atom stereocenters. The first-order valence-electron chi connectivity index (χ1n) is 8.25. The van der Waals surface area contributed by atoms with Crippen LogP contribution in [0.25, 0.3) is 0 Å². The Morgan fingerprint density at radius 3 is 2.77 bits per heavy atom. The molecule has 0 aromatic heterocycles. The van der Waals surface area contributed by atoms with E-state index < -0.39 is 0 Å². The van der Waals surface area contributed by atoms with Crippen LogP contribution in [0, 0.1) is 5.82 Å². The number of halogens is 2. The molecule has 2 aromatic rings. The van der Waals surface area contributed by atoms with Crippen LogP contribution in [-0.4, -0.2) is 35.7 Å². The number of nitrogens with zero attached hydrogens (tertiary/aromatic N) is 2. The van der Waals surface area contributed by atoms with Crippen LogP contribution in [0.2, 0.25) is 5.02 Å². The molecule has 3 rings (SSSR count). The fourth-order valence-corrected chi connectivity index (χ4v) is 3.95. The first-order valence-corrected chi connectivity index (χ1v) is 9.61. The van der Waals surface area contributed by atoms with E-state index in [2.05, 4.69) is 4.99 Å². The lowest BCUT2D eigenvalue weighted by molar-refractivity contribution is 0.0860. The third-order valence-electron chi connectivity index (χ3n) is 3.87. The van der Waals surface area contributed by atoms with Crippen molar-refractivity contribution in [3.63, 3.8) is 0 Å². The average Bonchev–Trinajstić information content (AvgIpc) is 3.10. The van der Waals surface area contributed by atoms with Crippen molar-refractivity contribution in [2.24, 2.45) is 4.99 Å². The van der Waals surface area contributed by atoms with Crippen molar-refractivity contribution in [1.82, 2.24) is 4.90 Å². The molecule has 0 saturated carbocycles. The van der Waals surface area contributed by atoms with Crippen LogP contribution in [0.4, 0.5) is 4.39 Å². The number of benzene rings is 2. The van der Waals surface area contributed by atoms with E-state index in [4.69, 9.17) is 16.3 Å². The maximum absolute atomic E-state index is 13.9. The van der Waals surface area contributed by atoms with Crippen LogP contribution >= 0.6 is 23.4 Å². The molecule has 4 nitrogen and oxygen atoms in total. The molecule has 1 aliphatic rings. The molecule has 0 spiro atoms. The predicted octanol–water partition coefficient (Wildman–Crippen LogP) is 4.62. The lowest BCUT2D eigenvalue weighted by Crippen LogP contribution is -2.32. The van der Waals surface area contributed by atoms with Crippen molar-refractivity contribution in [1.29, 1.82) is 0 Å². The number of thioether (sulfide) groups is 1. The van der Waals surface area contributed by atoms with Gasteiger partial charge in [-0.05, 0) is 43.3 Å². The molecule has 0 saturated heterocycles. The largest absolute Gasteiger partial charge is 0.494 e. The van der Waals surface area contributed by atoms with Crippen molar-refractivity contribution in [2.75, 3.05) is 19.7 Å². The number of hydrogen-bond acceptors (Lipinski definition) is 4. The Morgan fingerprint density at radius 2 is 2.08 bits per heavy atom. The molecule has 1 aliphatic heterocycles. The molecule has 2 aromatic carbocycles. The molecule has 1 heterocycles. The first kappa shape index (κ1) is 18.7. The van der Waals surface area contributed by atoms with Crippen LogP contribution < -0.4 is 4.74 Å². The molecular formula is C19H18ClFN2O2S. The minimum absolute atomic E-state index is 0.128. The van der Waals surface area contributed by atoms with E-state index in [1.165, 1.54) is 17.8 Å². The Kier molecular flexibility index (Phi) is 6.16. The van der Waals surface area contributed by atoms with Gasteiger partial charge in [0.2, 0.25) is 0 Å². The van der Waals surface area contributed by atoms with Crippen LogP contribution in [0.1, 0.15) is 22.8 Å². The number of carbonyl (C=O) groups is 1. The maximum Gasteiger partial charge on any atom is 0.259 e. The summed E-state index contributed by atoms with van der Waals surface area (Å²) in [6.45, 7) is 3.53. The predicted molar refractivity (Wildman–Crippen MR) is 104 cm³/mol. The van der Waals surface area contributed by atoms with Crippen LogP contribution in [0.5, 0.6) is 5.75 Å². The van der Waals surface area contributed by atoms with Crippen LogP contribution in [0.15, 0.2) is 47.5 Å². The number of ether oxygens (including phenoxy) is 1. The molecule has 26 heavy (non-hydrogen) atoms. The SMILES string of the molecule is CCOc1ccc(C(=O)N2CCN=C2SCc2c(F)cccc2Cl)cc1. The fraction of sp³-hybridized carbons (Fsp3) is 0.263. The molecule has 7 heteroatoms. The Labute approximate surface area is 161 Å². The monoisotopic (exact) mass is 392 g/mol. The van der Waals surface area contributed by atoms with Crippen LogP contribution in [-0.2, 0) is 5.75 Å². The van der Waals surface area contributed by atoms with Gasteiger partial charge in [-0.3, -0.25) is 14.7 Å². The summed E-state index contributed by atoms with van der Waals surface area (Å²) in [7, 11) is 0. The van der Waals surface area contributed by atoms with Crippen molar-refractivity contribution in [3.05, 3.63) is 64.4 Å². The molecule has 136 valence electrons. The first-order chi connectivity index (χ1) is 12.6. The fourth-order valence-electron chi connectivity index (χ4n) is 2.56. The second-order valence-corrected chi connectivity index (χ2v) is 6.92. The minimum Gasteiger partial charge on any atom is -0.494 e. The van der Waals surface area contributed by atoms with Gasteiger partial charge in [0.05, 0.1) is 13.2 Å². The van der Waals surface area contributed by atoms with Crippen molar-refractivity contribution < 1.29 is 13.9 Å². The van der Waals surface area contributed by atoms with Gasteiger partial charge in [0.15, 0.2) is 5.17 Å². The van der Waals surface area contributed by atoms with Crippen molar-refractivity contribution in [2.45, 2.75) is 12.7 Å². The van der Waals surface area contributed by atoms with E-state index in [-0.39, 0.29) is 11.7 Å². The highest BCUT2D eigenvalue weighted by Crippen LogP contribution is 2.27. The lowest BCUT2D eigenvalue weighted by atomic mass is 10.2. The highest BCUT2D eigenvalue weighted by atomic mass is 35.5. The normalized spacial score (nSPS) is 13.7. The summed E-state index contributed by atoms with van der Waals surface area (Å²) in [5.74, 6) is 0.560. The number of rotatable bonds is 5. The number of amides is 1. The van der Waals surface area contributed by atoms with E-state index >= 15 is 0 Å². The smallest absolute Gasteiger partial charge is 0.259 e. The zero-order valence-corrected chi connectivity index (χ0v) is 15.8. The third kappa shape index (κ3) is 4.19. The zero-order chi connectivity index (χ0) is 18.5. The Hall–Kier alpha value is -2.05. The molecule has 0 atom stereocenters. The van der Waals surface area contributed by atoms with Crippen molar-refractivity contribution >= 4 is 34.4 Å². The molecule has 0 N–H and O–H groups in total. The van der Waals surface area contributed by atoms with E-state index in [0.29, 0.717) is 46.8 Å². The summed E-state index contributed by atoms with van der Waals surface area (Å²) in [4.78, 5) is 18.8.